The summed E-state index contributed by atoms with van der Waals surface area (Å²) in [6.07, 6.45) is 1.98. The Balaban J connectivity index is 1.51. The number of aryl methyl sites for hydroxylation is 2. The Kier molecular flexibility index (Phi) is 8.60. The van der Waals surface area contributed by atoms with Gasteiger partial charge in [0.25, 0.3) is 5.91 Å². The first-order valence-corrected chi connectivity index (χ1v) is 13.6. The van der Waals surface area contributed by atoms with Crippen molar-refractivity contribution in [2.45, 2.75) is 53.6 Å². The van der Waals surface area contributed by atoms with Crippen molar-refractivity contribution in [3.8, 4) is 11.4 Å². The maximum atomic E-state index is 13.4. The summed E-state index contributed by atoms with van der Waals surface area (Å²) in [6.45, 7) is 10.3. The molecule has 10 heteroatoms. The van der Waals surface area contributed by atoms with Crippen molar-refractivity contribution in [1.29, 1.82) is 0 Å². The number of thiophene rings is 1. The maximum Gasteiger partial charge on any atom is 0.256 e. The fourth-order valence-electron chi connectivity index (χ4n) is 4.40. The highest BCUT2D eigenvalue weighted by atomic mass is 32.1. The fourth-order valence-corrected chi connectivity index (χ4v) is 5.30. The summed E-state index contributed by atoms with van der Waals surface area (Å²) in [5, 5.41) is 12.9. The molecule has 4 rings (SSSR count). The number of hydrogen-bond donors (Lipinski definition) is 1. The van der Waals surface area contributed by atoms with E-state index in [0.717, 1.165) is 36.2 Å². The van der Waals surface area contributed by atoms with Gasteiger partial charge in [0.15, 0.2) is 0 Å². The predicted molar refractivity (Wildman–Crippen MR) is 145 cm³/mol. The molecule has 1 aromatic carbocycles. The quantitative estimate of drug-likeness (QED) is 0.376. The molecule has 37 heavy (non-hydrogen) atoms. The van der Waals surface area contributed by atoms with Crippen LogP contribution in [0.2, 0.25) is 0 Å². The van der Waals surface area contributed by atoms with Crippen molar-refractivity contribution in [1.82, 2.24) is 25.5 Å². The van der Waals surface area contributed by atoms with Gasteiger partial charge in [-0.2, -0.15) is 4.98 Å². The lowest BCUT2D eigenvalue weighted by molar-refractivity contribution is -0.145. The lowest BCUT2D eigenvalue weighted by atomic mass is 10.1. The van der Waals surface area contributed by atoms with Crippen LogP contribution >= 0.6 is 11.3 Å². The van der Waals surface area contributed by atoms with Crippen LogP contribution < -0.4 is 10.2 Å². The van der Waals surface area contributed by atoms with Crippen LogP contribution in [0.5, 0.6) is 0 Å². The number of carbonyl (C=O) groups is 2. The third kappa shape index (κ3) is 6.75. The van der Waals surface area contributed by atoms with E-state index in [1.807, 2.05) is 35.0 Å². The Morgan fingerprint density at radius 3 is 2.70 bits per heavy atom. The van der Waals surface area contributed by atoms with Gasteiger partial charge in [0.2, 0.25) is 17.6 Å². The highest BCUT2D eigenvalue weighted by molar-refractivity contribution is 7.10. The van der Waals surface area contributed by atoms with E-state index in [2.05, 4.69) is 40.8 Å². The van der Waals surface area contributed by atoms with Crippen LogP contribution in [0, 0.1) is 19.8 Å². The van der Waals surface area contributed by atoms with Crippen molar-refractivity contribution in [2.24, 2.45) is 5.92 Å². The molecule has 0 atom stereocenters. The Morgan fingerprint density at radius 2 is 2.00 bits per heavy atom. The molecule has 0 unspecified atom stereocenters. The van der Waals surface area contributed by atoms with Crippen LogP contribution in [-0.4, -0.2) is 58.7 Å². The van der Waals surface area contributed by atoms with Crippen LogP contribution in [0.1, 0.15) is 48.6 Å². The third-order valence-corrected chi connectivity index (χ3v) is 7.53. The molecule has 2 aromatic heterocycles. The van der Waals surface area contributed by atoms with Crippen molar-refractivity contribution in [3.05, 3.63) is 51.5 Å². The summed E-state index contributed by atoms with van der Waals surface area (Å²) < 4.78 is 5.15. The minimum Gasteiger partial charge on any atom is -0.355 e. The molecule has 198 valence electrons. The first-order chi connectivity index (χ1) is 17.7. The number of nitrogens with zero attached hydrogens (tertiary/aromatic N) is 5. The van der Waals surface area contributed by atoms with E-state index >= 15 is 0 Å². The third-order valence-electron chi connectivity index (χ3n) is 6.58. The van der Waals surface area contributed by atoms with Crippen molar-refractivity contribution >= 4 is 28.8 Å². The van der Waals surface area contributed by atoms with Gasteiger partial charge < -0.3 is 14.7 Å². The van der Waals surface area contributed by atoms with Gasteiger partial charge in [-0.3, -0.25) is 14.6 Å². The molecule has 3 heterocycles. The molecule has 0 saturated carbocycles. The molecule has 0 radical (unpaired) electrons. The standard InChI is InChI=1S/C27H36N6O3S/c1-18(2)7-6-11-28-25(34)16-32(17-26(35)31(5)33-14-22-10-12-37-24(22)15-33)23-13-21(9-8-19(23)3)27-29-20(4)36-30-27/h8-10,12-13,18H,6-7,11,14-17H2,1-5H3,(H,28,34). The lowest BCUT2D eigenvalue weighted by Crippen LogP contribution is -2.48. The molecule has 0 fully saturated rings. The number of hydrazine groups is 1. The number of amides is 2. The average molecular weight is 525 g/mol. The van der Waals surface area contributed by atoms with Gasteiger partial charge in [-0.1, -0.05) is 31.1 Å². The second-order valence-corrected chi connectivity index (χ2v) is 11.0. The number of nitrogens with one attached hydrogen (secondary N) is 1. The molecule has 3 aromatic rings. The molecule has 9 nitrogen and oxygen atoms in total. The normalized spacial score (nSPS) is 13.1. The van der Waals surface area contributed by atoms with E-state index in [-0.39, 0.29) is 24.9 Å². The highest BCUT2D eigenvalue weighted by Crippen LogP contribution is 2.29. The van der Waals surface area contributed by atoms with Crippen LogP contribution in [0.25, 0.3) is 11.4 Å². The molecule has 0 aliphatic carbocycles. The summed E-state index contributed by atoms with van der Waals surface area (Å²) in [7, 11) is 1.80. The number of carbonyl (C=O) groups excluding carboxylic acids is 2. The van der Waals surface area contributed by atoms with Crippen molar-refractivity contribution in [2.75, 3.05) is 31.6 Å². The van der Waals surface area contributed by atoms with E-state index in [9.17, 15) is 9.59 Å². The zero-order valence-corrected chi connectivity index (χ0v) is 23.1. The van der Waals surface area contributed by atoms with Gasteiger partial charge >= 0.3 is 0 Å². The monoisotopic (exact) mass is 524 g/mol. The molecule has 0 bridgehead atoms. The van der Waals surface area contributed by atoms with E-state index in [0.29, 0.717) is 30.7 Å². The summed E-state index contributed by atoms with van der Waals surface area (Å²) in [5.74, 6) is 1.36. The topological polar surface area (TPSA) is 94.8 Å². The van der Waals surface area contributed by atoms with Gasteiger partial charge in [0.1, 0.15) is 0 Å². The van der Waals surface area contributed by atoms with Crippen LogP contribution in [0.3, 0.4) is 0 Å². The number of benzene rings is 1. The summed E-state index contributed by atoms with van der Waals surface area (Å²) in [6, 6.07) is 7.91. The van der Waals surface area contributed by atoms with Gasteiger partial charge in [0, 0.05) is 43.2 Å². The first-order valence-electron chi connectivity index (χ1n) is 12.7. The minimum absolute atomic E-state index is 0.0651. The lowest BCUT2D eigenvalue weighted by Gasteiger charge is -2.32. The predicted octanol–water partition coefficient (Wildman–Crippen LogP) is 4.16. The zero-order chi connectivity index (χ0) is 26.5. The van der Waals surface area contributed by atoms with Crippen LogP contribution in [0.4, 0.5) is 5.69 Å². The van der Waals surface area contributed by atoms with E-state index in [4.69, 9.17) is 4.52 Å². The molecule has 1 aliphatic heterocycles. The molecule has 1 aliphatic rings. The molecule has 2 amide bonds. The Bertz CT molecular complexity index is 1220. The van der Waals surface area contributed by atoms with Gasteiger partial charge in [-0.15, -0.1) is 11.3 Å². The van der Waals surface area contributed by atoms with Crippen molar-refractivity contribution < 1.29 is 14.1 Å². The second-order valence-electron chi connectivity index (χ2n) is 9.99. The Morgan fingerprint density at radius 1 is 1.19 bits per heavy atom. The summed E-state index contributed by atoms with van der Waals surface area (Å²) in [4.78, 5) is 33.8. The average Bonchev–Trinajstić information content (AvgIpc) is 3.58. The first kappa shape index (κ1) is 26.8. The number of fused-ring (bicyclic) bond motifs is 1. The molecule has 0 spiro atoms. The summed E-state index contributed by atoms with van der Waals surface area (Å²) in [5.41, 5.74) is 3.78. The molecule has 1 N–H and O–H groups in total. The zero-order valence-electron chi connectivity index (χ0n) is 22.3. The number of anilines is 1. The largest absolute Gasteiger partial charge is 0.355 e. The number of hydrogen-bond acceptors (Lipinski definition) is 8. The fraction of sp³-hybridized carbons (Fsp3) is 0.481. The number of likely N-dealkylation sites (N-methyl/N-ethyl adjacent to an activating group) is 1. The molecular weight excluding hydrogens is 488 g/mol. The highest BCUT2D eigenvalue weighted by Gasteiger charge is 2.28. The summed E-state index contributed by atoms with van der Waals surface area (Å²) >= 11 is 1.72. The van der Waals surface area contributed by atoms with E-state index in [1.165, 1.54) is 10.4 Å². The SMILES string of the molecule is Cc1nc(-c2ccc(C)c(N(CC(=O)NCCCC(C)C)CC(=O)N(C)N3Cc4ccsc4C3)c2)no1. The van der Waals surface area contributed by atoms with Gasteiger partial charge in [0.05, 0.1) is 19.6 Å². The Labute approximate surface area is 222 Å². The minimum atomic E-state index is -0.109. The van der Waals surface area contributed by atoms with Crippen molar-refractivity contribution in [3.63, 3.8) is 0 Å². The smallest absolute Gasteiger partial charge is 0.256 e. The maximum absolute atomic E-state index is 13.4. The number of rotatable bonds is 11. The van der Waals surface area contributed by atoms with E-state index in [1.54, 1.807) is 30.3 Å². The van der Waals surface area contributed by atoms with E-state index < -0.39 is 0 Å². The van der Waals surface area contributed by atoms with Crippen LogP contribution in [-0.2, 0) is 22.7 Å². The number of aromatic nitrogens is 2. The second kappa shape index (κ2) is 11.9. The van der Waals surface area contributed by atoms with Crippen LogP contribution in [0.15, 0.2) is 34.2 Å². The van der Waals surface area contributed by atoms with Gasteiger partial charge in [-0.05, 0) is 54.3 Å². The Hall–Kier alpha value is -3.24. The van der Waals surface area contributed by atoms with Gasteiger partial charge in [-0.25, -0.2) is 5.01 Å². The molecular formula is C27H36N6O3S. The molecule has 0 saturated heterocycles.